The summed E-state index contributed by atoms with van der Waals surface area (Å²) >= 11 is 0. The Bertz CT molecular complexity index is 479. The molecule has 19 heavy (non-hydrogen) atoms. The number of nitrogens with one attached hydrogen (secondary N) is 2. The highest BCUT2D eigenvalue weighted by Crippen LogP contribution is 2.19. The Labute approximate surface area is 120 Å². The van der Waals surface area contributed by atoms with Gasteiger partial charge in [0.2, 0.25) is 5.06 Å². The Morgan fingerprint density at radius 2 is 1.79 bits per heavy atom. The third-order valence-corrected chi connectivity index (χ3v) is 4.26. The van der Waals surface area contributed by atoms with E-state index in [1.165, 1.54) is 0 Å². The highest BCUT2D eigenvalue weighted by atomic mass is 35.5. The van der Waals surface area contributed by atoms with Gasteiger partial charge >= 0.3 is 0 Å². The zero-order chi connectivity index (χ0) is 13.8. The fourth-order valence-electron chi connectivity index (χ4n) is 1.57. The van der Waals surface area contributed by atoms with E-state index in [2.05, 4.69) is 10.0 Å². The lowest BCUT2D eigenvalue weighted by molar-refractivity contribution is 0.0754. The lowest BCUT2D eigenvalue weighted by Crippen LogP contribution is -2.56. The summed E-state index contributed by atoms with van der Waals surface area (Å²) in [4.78, 5) is 0. The molecule has 0 spiro atoms. The normalized spacial score (nSPS) is 14.6. The molecular weight excluding hydrogens is 288 g/mol. The van der Waals surface area contributed by atoms with Gasteiger partial charge in [0, 0.05) is 18.2 Å². The largest absolute Gasteiger partial charge is 0.361 e. The molecule has 110 valence electrons. The molecule has 0 aromatic heterocycles. The van der Waals surface area contributed by atoms with Crippen LogP contribution in [0, 0.1) is 0 Å². The molecule has 1 aromatic carbocycles. The fourth-order valence-corrected chi connectivity index (χ4v) is 2.95. The van der Waals surface area contributed by atoms with Gasteiger partial charge in [-0.2, -0.15) is 0 Å². The van der Waals surface area contributed by atoms with Gasteiger partial charge in [0.25, 0.3) is 10.0 Å². The number of hydrogen-bond acceptors (Lipinski definition) is 4. The van der Waals surface area contributed by atoms with Gasteiger partial charge in [0.15, 0.2) is 0 Å². The quantitative estimate of drug-likeness (QED) is 0.701. The van der Waals surface area contributed by atoms with Gasteiger partial charge < -0.3 is 5.11 Å². The molecule has 0 amide bonds. The maximum atomic E-state index is 12.2. The van der Waals surface area contributed by atoms with Gasteiger partial charge in [-0.05, 0) is 26.0 Å². The third kappa shape index (κ3) is 4.65. The Hall–Kier alpha value is -0.820. The second-order valence-electron chi connectivity index (χ2n) is 4.41. The number of sulfonamides is 1. The van der Waals surface area contributed by atoms with Crippen LogP contribution in [-0.2, 0) is 10.0 Å². The van der Waals surface area contributed by atoms with Crippen molar-refractivity contribution in [3.05, 3.63) is 30.3 Å². The van der Waals surface area contributed by atoms with Crippen LogP contribution in [0.4, 0.5) is 5.69 Å². The van der Waals surface area contributed by atoms with E-state index in [0.717, 1.165) is 0 Å². The number of anilines is 1. The molecular formula is C12H21ClN2O3S. The van der Waals surface area contributed by atoms with Crippen molar-refractivity contribution in [2.45, 2.75) is 38.3 Å². The lowest BCUT2D eigenvalue weighted by atomic mass is 10.3. The Morgan fingerprint density at radius 3 is 2.21 bits per heavy atom. The van der Waals surface area contributed by atoms with Crippen molar-refractivity contribution >= 4 is 28.1 Å². The Morgan fingerprint density at radius 1 is 1.26 bits per heavy atom. The number of para-hydroxylation sites is 1. The minimum Gasteiger partial charge on any atom is -0.361 e. The number of aliphatic hydroxyl groups is 1. The highest BCUT2D eigenvalue weighted by Gasteiger charge is 2.40. The van der Waals surface area contributed by atoms with Gasteiger partial charge in [0.05, 0.1) is 0 Å². The maximum absolute atomic E-state index is 12.2. The summed E-state index contributed by atoms with van der Waals surface area (Å²) in [6.07, 6.45) is 0.0490. The minimum absolute atomic E-state index is 0. The Balaban J connectivity index is 0.00000324. The summed E-state index contributed by atoms with van der Waals surface area (Å²) in [5.74, 6) is 0. The molecule has 0 bridgehead atoms. The van der Waals surface area contributed by atoms with Crippen molar-refractivity contribution in [2.24, 2.45) is 0 Å². The van der Waals surface area contributed by atoms with E-state index in [1.54, 1.807) is 51.1 Å². The molecule has 3 N–H and O–H groups in total. The van der Waals surface area contributed by atoms with E-state index in [1.807, 2.05) is 0 Å². The molecule has 1 rings (SSSR count). The monoisotopic (exact) mass is 308 g/mol. The van der Waals surface area contributed by atoms with Crippen LogP contribution in [0.5, 0.6) is 0 Å². The maximum Gasteiger partial charge on any atom is 0.277 e. The average molecular weight is 309 g/mol. The topological polar surface area (TPSA) is 78.4 Å². The van der Waals surface area contributed by atoms with Crippen LogP contribution >= 0.6 is 12.4 Å². The number of halogens is 1. The third-order valence-electron chi connectivity index (χ3n) is 2.46. The van der Waals surface area contributed by atoms with Crippen LogP contribution in [0.15, 0.2) is 30.3 Å². The zero-order valence-electron chi connectivity index (χ0n) is 11.3. The molecule has 0 fully saturated rings. The SMILES string of the molecule is CCC(O)(NC(C)C)S(=O)(=O)Nc1ccccc1.Cl. The van der Waals surface area contributed by atoms with Crippen LogP contribution in [-0.4, -0.2) is 24.6 Å². The van der Waals surface area contributed by atoms with Crippen molar-refractivity contribution < 1.29 is 13.5 Å². The van der Waals surface area contributed by atoms with E-state index in [-0.39, 0.29) is 24.9 Å². The summed E-state index contributed by atoms with van der Waals surface area (Å²) in [5, 5.41) is 10.9. The first kappa shape index (κ1) is 18.2. The van der Waals surface area contributed by atoms with Crippen molar-refractivity contribution in [1.29, 1.82) is 0 Å². The molecule has 1 aromatic rings. The molecule has 0 aliphatic heterocycles. The highest BCUT2D eigenvalue weighted by molar-refractivity contribution is 7.93. The molecule has 1 atom stereocenters. The summed E-state index contributed by atoms with van der Waals surface area (Å²) in [6, 6.07) is 8.34. The lowest BCUT2D eigenvalue weighted by Gasteiger charge is -2.30. The first-order chi connectivity index (χ1) is 8.31. The van der Waals surface area contributed by atoms with Crippen LogP contribution in [0.3, 0.4) is 0 Å². The number of hydrogen-bond donors (Lipinski definition) is 3. The van der Waals surface area contributed by atoms with Gasteiger partial charge in [0.1, 0.15) is 0 Å². The number of benzene rings is 1. The van der Waals surface area contributed by atoms with E-state index in [4.69, 9.17) is 0 Å². The molecule has 0 aliphatic rings. The van der Waals surface area contributed by atoms with Crippen molar-refractivity contribution in [3.8, 4) is 0 Å². The summed E-state index contributed by atoms with van der Waals surface area (Å²) in [7, 11) is -3.93. The van der Waals surface area contributed by atoms with Gasteiger partial charge in [-0.3, -0.25) is 10.0 Å². The van der Waals surface area contributed by atoms with Crippen LogP contribution < -0.4 is 10.0 Å². The second kappa shape index (κ2) is 7.09. The van der Waals surface area contributed by atoms with Crippen molar-refractivity contribution in [2.75, 3.05) is 4.72 Å². The van der Waals surface area contributed by atoms with E-state index >= 15 is 0 Å². The van der Waals surface area contributed by atoms with E-state index in [0.29, 0.717) is 5.69 Å². The smallest absolute Gasteiger partial charge is 0.277 e. The summed E-state index contributed by atoms with van der Waals surface area (Å²) in [5.41, 5.74) is 0.426. The minimum atomic E-state index is -3.93. The Kier molecular flexibility index (Phi) is 6.79. The van der Waals surface area contributed by atoms with Gasteiger partial charge in [-0.25, -0.2) is 8.42 Å². The second-order valence-corrected chi connectivity index (χ2v) is 6.29. The predicted octanol–water partition coefficient (Wildman–Crippen LogP) is 1.90. The van der Waals surface area contributed by atoms with Gasteiger partial charge in [-0.1, -0.05) is 25.1 Å². The zero-order valence-corrected chi connectivity index (χ0v) is 12.9. The molecule has 1 unspecified atom stereocenters. The standard InChI is InChI=1S/C12H20N2O3S.ClH/c1-4-12(15,13-10(2)3)18(16,17)14-11-8-6-5-7-9-11;/h5-10,13-15H,4H2,1-3H3;1H. The molecule has 5 nitrogen and oxygen atoms in total. The number of rotatable bonds is 6. The first-order valence-corrected chi connectivity index (χ1v) is 7.36. The van der Waals surface area contributed by atoms with Crippen molar-refractivity contribution in [1.82, 2.24) is 5.32 Å². The van der Waals surface area contributed by atoms with Crippen LogP contribution in [0.2, 0.25) is 0 Å². The van der Waals surface area contributed by atoms with E-state index in [9.17, 15) is 13.5 Å². The summed E-state index contributed by atoms with van der Waals surface area (Å²) < 4.78 is 26.7. The molecule has 0 heterocycles. The average Bonchev–Trinajstić information content (AvgIpc) is 2.28. The van der Waals surface area contributed by atoms with Crippen LogP contribution in [0.25, 0.3) is 0 Å². The van der Waals surface area contributed by atoms with Gasteiger partial charge in [-0.15, -0.1) is 12.4 Å². The molecule has 0 radical (unpaired) electrons. The fraction of sp³-hybridized carbons (Fsp3) is 0.500. The first-order valence-electron chi connectivity index (χ1n) is 5.88. The summed E-state index contributed by atoms with van der Waals surface area (Å²) in [6.45, 7) is 5.16. The molecule has 0 saturated heterocycles. The van der Waals surface area contributed by atoms with E-state index < -0.39 is 15.1 Å². The van der Waals surface area contributed by atoms with Crippen LogP contribution in [0.1, 0.15) is 27.2 Å². The molecule has 7 heteroatoms. The molecule has 0 aliphatic carbocycles. The van der Waals surface area contributed by atoms with Crippen molar-refractivity contribution in [3.63, 3.8) is 0 Å². The molecule has 0 saturated carbocycles. The predicted molar refractivity (Wildman–Crippen MR) is 79.7 cm³/mol.